The van der Waals surface area contributed by atoms with Gasteiger partial charge in [0.1, 0.15) is 0 Å². The van der Waals surface area contributed by atoms with Gasteiger partial charge in [-0.2, -0.15) is 0 Å². The molecule has 0 radical (unpaired) electrons. The van der Waals surface area contributed by atoms with Gasteiger partial charge in [-0.25, -0.2) is 0 Å². The number of amides is 1. The standard InChI is InChI=1S/C16H23NO3/c1-12-4-5-14(13(2)10-12)6-7-16(19)17-9-8-15(18)11-20-3/h4-7,10,15,18H,8-9,11H2,1-3H3,(H,17,19)/b7-6+. The molecule has 1 atom stereocenters. The van der Waals surface area contributed by atoms with Gasteiger partial charge in [0.05, 0.1) is 12.7 Å². The number of nitrogens with one attached hydrogen (secondary N) is 1. The third kappa shape index (κ3) is 5.99. The number of ether oxygens (including phenoxy) is 1. The molecule has 1 aromatic carbocycles. The average molecular weight is 277 g/mol. The second-order valence-corrected chi connectivity index (χ2v) is 4.88. The fraction of sp³-hybridized carbons (Fsp3) is 0.438. The molecule has 0 bridgehead atoms. The molecule has 4 heteroatoms. The number of aliphatic hydroxyl groups is 1. The summed E-state index contributed by atoms with van der Waals surface area (Å²) < 4.78 is 4.81. The SMILES string of the molecule is COCC(O)CCNC(=O)/C=C/c1ccc(C)cc1C. The van der Waals surface area contributed by atoms with E-state index in [1.165, 1.54) is 18.7 Å². The van der Waals surface area contributed by atoms with Gasteiger partial charge < -0.3 is 15.2 Å². The molecule has 0 aliphatic carbocycles. The molecule has 0 saturated carbocycles. The van der Waals surface area contributed by atoms with Crippen LogP contribution in [-0.2, 0) is 9.53 Å². The van der Waals surface area contributed by atoms with E-state index in [9.17, 15) is 9.90 Å². The molecule has 0 fully saturated rings. The van der Waals surface area contributed by atoms with Crippen LogP contribution in [0, 0.1) is 13.8 Å². The lowest BCUT2D eigenvalue weighted by atomic mass is 10.1. The Morgan fingerprint density at radius 2 is 2.20 bits per heavy atom. The lowest BCUT2D eigenvalue weighted by molar-refractivity contribution is -0.116. The summed E-state index contributed by atoms with van der Waals surface area (Å²) in [5.74, 6) is -0.158. The Hall–Kier alpha value is -1.65. The normalized spacial score (nSPS) is 12.6. The third-order valence-electron chi connectivity index (χ3n) is 2.98. The van der Waals surface area contributed by atoms with Crippen LogP contribution < -0.4 is 5.32 Å². The van der Waals surface area contributed by atoms with Crippen molar-refractivity contribution < 1.29 is 14.6 Å². The van der Waals surface area contributed by atoms with E-state index >= 15 is 0 Å². The van der Waals surface area contributed by atoms with E-state index in [0.717, 1.165) is 11.1 Å². The number of rotatable bonds is 7. The van der Waals surface area contributed by atoms with Gasteiger partial charge in [0.15, 0.2) is 0 Å². The van der Waals surface area contributed by atoms with Gasteiger partial charge in [-0.1, -0.05) is 23.8 Å². The van der Waals surface area contributed by atoms with Crippen LogP contribution in [-0.4, -0.2) is 37.4 Å². The van der Waals surface area contributed by atoms with Crippen molar-refractivity contribution in [3.63, 3.8) is 0 Å². The van der Waals surface area contributed by atoms with Crippen molar-refractivity contribution >= 4 is 12.0 Å². The van der Waals surface area contributed by atoms with Crippen LogP contribution in [0.25, 0.3) is 6.08 Å². The number of hydrogen-bond acceptors (Lipinski definition) is 3. The van der Waals surface area contributed by atoms with Crippen LogP contribution in [0.3, 0.4) is 0 Å². The molecule has 1 aromatic rings. The second-order valence-electron chi connectivity index (χ2n) is 4.88. The Bertz CT molecular complexity index is 469. The Balaban J connectivity index is 2.40. The number of carbonyl (C=O) groups is 1. The highest BCUT2D eigenvalue weighted by atomic mass is 16.5. The molecule has 0 saturated heterocycles. The number of methoxy groups -OCH3 is 1. The molecular formula is C16H23NO3. The minimum absolute atomic E-state index is 0.158. The predicted octanol–water partition coefficient (Wildman–Crippen LogP) is 1.83. The molecule has 0 aliphatic heterocycles. The Kier molecular flexibility index (Phi) is 6.98. The van der Waals surface area contributed by atoms with E-state index in [2.05, 4.69) is 11.4 Å². The van der Waals surface area contributed by atoms with Crippen LogP contribution in [0.5, 0.6) is 0 Å². The summed E-state index contributed by atoms with van der Waals surface area (Å²) >= 11 is 0. The highest BCUT2D eigenvalue weighted by Gasteiger charge is 2.03. The van der Waals surface area contributed by atoms with Crippen LogP contribution in [0.2, 0.25) is 0 Å². The summed E-state index contributed by atoms with van der Waals surface area (Å²) in [6.45, 7) is 4.78. The molecule has 1 amide bonds. The van der Waals surface area contributed by atoms with Crippen molar-refractivity contribution in [2.24, 2.45) is 0 Å². The number of aliphatic hydroxyl groups excluding tert-OH is 1. The van der Waals surface area contributed by atoms with Crippen LogP contribution >= 0.6 is 0 Å². The van der Waals surface area contributed by atoms with E-state index in [1.54, 1.807) is 6.08 Å². The first-order valence-electron chi connectivity index (χ1n) is 6.73. The van der Waals surface area contributed by atoms with E-state index in [0.29, 0.717) is 13.0 Å². The summed E-state index contributed by atoms with van der Waals surface area (Å²) in [4.78, 5) is 11.6. The lowest BCUT2D eigenvalue weighted by Crippen LogP contribution is -2.27. The van der Waals surface area contributed by atoms with Gasteiger partial charge in [-0.05, 0) is 37.5 Å². The van der Waals surface area contributed by atoms with Crippen molar-refractivity contribution in [1.82, 2.24) is 5.32 Å². The number of carbonyl (C=O) groups excluding carboxylic acids is 1. The number of benzene rings is 1. The maximum Gasteiger partial charge on any atom is 0.244 e. The van der Waals surface area contributed by atoms with Crippen molar-refractivity contribution in [3.8, 4) is 0 Å². The van der Waals surface area contributed by atoms with E-state index in [-0.39, 0.29) is 12.5 Å². The zero-order chi connectivity index (χ0) is 15.0. The molecule has 0 spiro atoms. The second kappa shape index (κ2) is 8.51. The molecule has 1 unspecified atom stereocenters. The predicted molar refractivity (Wildman–Crippen MR) is 80.5 cm³/mol. The summed E-state index contributed by atoms with van der Waals surface area (Å²) in [5.41, 5.74) is 3.38. The van der Waals surface area contributed by atoms with Gasteiger partial charge in [0.2, 0.25) is 5.91 Å². The highest BCUT2D eigenvalue weighted by molar-refractivity contribution is 5.91. The molecule has 20 heavy (non-hydrogen) atoms. The molecule has 1 rings (SSSR count). The summed E-state index contributed by atoms with van der Waals surface area (Å²) in [6.07, 6.45) is 3.26. The molecule has 0 heterocycles. The zero-order valence-electron chi connectivity index (χ0n) is 12.3. The summed E-state index contributed by atoms with van der Waals surface area (Å²) in [5, 5.41) is 12.2. The van der Waals surface area contributed by atoms with Crippen molar-refractivity contribution in [1.29, 1.82) is 0 Å². The molecule has 2 N–H and O–H groups in total. The molecular weight excluding hydrogens is 254 g/mol. The van der Waals surface area contributed by atoms with Crippen molar-refractivity contribution in [2.75, 3.05) is 20.3 Å². The van der Waals surface area contributed by atoms with Gasteiger partial charge in [0.25, 0.3) is 0 Å². The average Bonchev–Trinajstić information content (AvgIpc) is 2.38. The fourth-order valence-corrected chi connectivity index (χ4v) is 1.87. The largest absolute Gasteiger partial charge is 0.391 e. The van der Waals surface area contributed by atoms with E-state index in [1.807, 2.05) is 26.0 Å². The third-order valence-corrected chi connectivity index (χ3v) is 2.98. The van der Waals surface area contributed by atoms with Gasteiger partial charge in [-0.3, -0.25) is 4.79 Å². The molecule has 0 aromatic heterocycles. The first-order valence-corrected chi connectivity index (χ1v) is 6.73. The van der Waals surface area contributed by atoms with Gasteiger partial charge >= 0.3 is 0 Å². The van der Waals surface area contributed by atoms with Crippen LogP contribution in [0.15, 0.2) is 24.3 Å². The number of hydrogen-bond donors (Lipinski definition) is 2. The van der Waals surface area contributed by atoms with Gasteiger partial charge in [-0.15, -0.1) is 0 Å². The minimum Gasteiger partial charge on any atom is -0.391 e. The number of aryl methyl sites for hydroxylation is 2. The highest BCUT2D eigenvalue weighted by Crippen LogP contribution is 2.11. The smallest absolute Gasteiger partial charge is 0.244 e. The minimum atomic E-state index is -0.538. The molecule has 110 valence electrons. The van der Waals surface area contributed by atoms with Crippen LogP contribution in [0.4, 0.5) is 0 Å². The summed E-state index contributed by atoms with van der Waals surface area (Å²) in [6, 6.07) is 6.10. The monoisotopic (exact) mass is 277 g/mol. The Labute approximate surface area is 120 Å². The molecule has 0 aliphatic rings. The van der Waals surface area contributed by atoms with E-state index in [4.69, 9.17) is 4.74 Å². The summed E-state index contributed by atoms with van der Waals surface area (Å²) in [7, 11) is 1.54. The van der Waals surface area contributed by atoms with Crippen molar-refractivity contribution in [3.05, 3.63) is 41.0 Å². The zero-order valence-corrected chi connectivity index (χ0v) is 12.3. The maximum atomic E-state index is 11.6. The maximum absolute atomic E-state index is 11.6. The topological polar surface area (TPSA) is 58.6 Å². The lowest BCUT2D eigenvalue weighted by Gasteiger charge is -2.09. The molecule has 4 nitrogen and oxygen atoms in total. The van der Waals surface area contributed by atoms with Crippen LogP contribution in [0.1, 0.15) is 23.1 Å². The first-order chi connectivity index (χ1) is 9.52. The van der Waals surface area contributed by atoms with E-state index < -0.39 is 6.10 Å². The first kappa shape index (κ1) is 16.4. The Morgan fingerprint density at radius 1 is 1.45 bits per heavy atom. The van der Waals surface area contributed by atoms with Gasteiger partial charge in [0, 0.05) is 19.7 Å². The quantitative estimate of drug-likeness (QED) is 0.748. The fourth-order valence-electron chi connectivity index (χ4n) is 1.87. The Morgan fingerprint density at radius 3 is 2.85 bits per heavy atom. The van der Waals surface area contributed by atoms with Crippen molar-refractivity contribution in [2.45, 2.75) is 26.4 Å².